The summed E-state index contributed by atoms with van der Waals surface area (Å²) in [4.78, 5) is 19.5. The van der Waals surface area contributed by atoms with E-state index in [1.54, 1.807) is 0 Å². The topological polar surface area (TPSA) is 135 Å². The molecule has 14 heavy (non-hydrogen) atoms. The van der Waals surface area contributed by atoms with E-state index in [4.69, 9.17) is 25.5 Å². The van der Waals surface area contributed by atoms with Gasteiger partial charge in [-0.2, -0.15) is 0 Å². The van der Waals surface area contributed by atoms with Gasteiger partial charge in [-0.3, -0.25) is 4.79 Å². The van der Waals surface area contributed by atoms with Crippen molar-refractivity contribution in [1.82, 2.24) is 0 Å². The summed E-state index contributed by atoms with van der Waals surface area (Å²) in [5, 5.41) is 40.1. The molecule has 0 saturated heterocycles. The number of Topliss-reactive ketones (excluding diaryl/α,β-unsaturated/α-hetero) is 1. The van der Waals surface area contributed by atoms with E-state index < -0.39 is 37.2 Å². The van der Waals surface area contributed by atoms with E-state index in [-0.39, 0.29) is 0 Å². The van der Waals surface area contributed by atoms with E-state index >= 15 is 0 Å². The van der Waals surface area contributed by atoms with Crippen LogP contribution in [0.1, 0.15) is 6.92 Å². The lowest BCUT2D eigenvalue weighted by atomic mass is 10.3. The van der Waals surface area contributed by atoms with Gasteiger partial charge in [0.15, 0.2) is 11.9 Å². The molecule has 0 unspecified atom stereocenters. The van der Waals surface area contributed by atoms with Crippen LogP contribution in [-0.2, 0) is 9.59 Å². The van der Waals surface area contributed by atoms with E-state index in [0.29, 0.717) is 0 Å². The third kappa shape index (κ3) is 9.07. The van der Waals surface area contributed by atoms with Crippen molar-refractivity contribution in [2.24, 2.45) is 0 Å². The third-order valence-electron chi connectivity index (χ3n) is 1.10. The van der Waals surface area contributed by atoms with Gasteiger partial charge in [-0.1, -0.05) is 0 Å². The number of hydrogen-bond acceptors (Lipinski definition) is 6. The number of ketones is 1. The van der Waals surface area contributed by atoms with E-state index in [2.05, 4.69) is 0 Å². The first-order valence-electron chi connectivity index (χ1n) is 3.67. The summed E-state index contributed by atoms with van der Waals surface area (Å²) in [5.74, 6) is -1.80. The highest BCUT2D eigenvalue weighted by Gasteiger charge is 2.08. The number of carboxylic acids is 1. The molecule has 7 nitrogen and oxygen atoms in total. The Labute approximate surface area is 80.2 Å². The van der Waals surface area contributed by atoms with Crippen LogP contribution >= 0.6 is 0 Å². The maximum Gasteiger partial charge on any atom is 0.334 e. The summed E-state index contributed by atoms with van der Waals surface area (Å²) in [6.45, 7) is 0.0194. The first kappa shape index (κ1) is 15.5. The number of aliphatic hydroxyl groups is 4. The molecule has 0 heterocycles. The van der Waals surface area contributed by atoms with Crippen LogP contribution in [0.5, 0.6) is 0 Å². The van der Waals surface area contributed by atoms with Gasteiger partial charge in [-0.05, 0) is 6.92 Å². The van der Waals surface area contributed by atoms with Crippen LogP contribution in [0.3, 0.4) is 0 Å². The number of carbonyl (C=O) groups is 2. The molecule has 0 amide bonds. The van der Waals surface area contributed by atoms with Crippen molar-refractivity contribution < 1.29 is 35.1 Å². The predicted molar refractivity (Wildman–Crippen MR) is 44.5 cm³/mol. The minimum absolute atomic E-state index is 0.400. The van der Waals surface area contributed by atoms with Crippen LogP contribution < -0.4 is 0 Å². The summed E-state index contributed by atoms with van der Waals surface area (Å²) in [6, 6.07) is 0. The molecule has 0 bridgehead atoms. The van der Waals surface area contributed by atoms with Crippen LogP contribution in [0.4, 0.5) is 0 Å². The fraction of sp³-hybridized carbons (Fsp3) is 0.714. The van der Waals surface area contributed by atoms with E-state index in [1.165, 1.54) is 6.92 Å². The van der Waals surface area contributed by atoms with Crippen molar-refractivity contribution >= 4 is 11.8 Å². The molecule has 0 spiro atoms. The molecule has 0 aliphatic rings. The minimum atomic E-state index is -1.63. The van der Waals surface area contributed by atoms with Gasteiger partial charge in [0, 0.05) is 0 Å². The zero-order valence-corrected chi connectivity index (χ0v) is 7.62. The SMILES string of the molecule is CC(=O)[C@H](O)CO.O=C(O)[C@H](O)CO. The molecule has 0 aliphatic heterocycles. The van der Waals surface area contributed by atoms with Crippen molar-refractivity contribution in [3.8, 4) is 0 Å². The van der Waals surface area contributed by atoms with Crippen molar-refractivity contribution in [2.45, 2.75) is 19.1 Å². The summed E-state index contributed by atoms with van der Waals surface area (Å²) in [5.41, 5.74) is 0. The zero-order valence-electron chi connectivity index (χ0n) is 7.62. The second-order valence-electron chi connectivity index (χ2n) is 2.35. The summed E-state index contributed by atoms with van der Waals surface area (Å²) < 4.78 is 0. The molecule has 0 radical (unpaired) electrons. The molecule has 84 valence electrons. The van der Waals surface area contributed by atoms with Crippen LogP contribution in [0, 0.1) is 0 Å². The fourth-order valence-electron chi connectivity index (χ4n) is 0.207. The van der Waals surface area contributed by atoms with Crippen LogP contribution in [0.2, 0.25) is 0 Å². The van der Waals surface area contributed by atoms with Crippen molar-refractivity contribution in [1.29, 1.82) is 0 Å². The molecule has 0 aromatic heterocycles. The number of carboxylic acid groups (broad SMARTS) is 1. The monoisotopic (exact) mass is 210 g/mol. The molecular weight excluding hydrogens is 196 g/mol. The van der Waals surface area contributed by atoms with Gasteiger partial charge in [-0.25, -0.2) is 4.79 Å². The van der Waals surface area contributed by atoms with Crippen LogP contribution in [0.15, 0.2) is 0 Å². The highest BCUT2D eigenvalue weighted by molar-refractivity contribution is 5.80. The smallest absolute Gasteiger partial charge is 0.334 e. The third-order valence-corrected chi connectivity index (χ3v) is 1.10. The van der Waals surface area contributed by atoms with Gasteiger partial charge >= 0.3 is 5.97 Å². The molecule has 0 saturated carbocycles. The average molecular weight is 210 g/mol. The summed E-state index contributed by atoms with van der Waals surface area (Å²) >= 11 is 0. The van der Waals surface area contributed by atoms with Crippen LogP contribution in [0.25, 0.3) is 0 Å². The zero-order chi connectivity index (χ0) is 11.7. The molecule has 7 heteroatoms. The van der Waals surface area contributed by atoms with Gasteiger partial charge in [0.05, 0.1) is 13.2 Å². The maximum atomic E-state index is 9.96. The van der Waals surface area contributed by atoms with Crippen molar-refractivity contribution in [2.75, 3.05) is 13.2 Å². The fourth-order valence-corrected chi connectivity index (χ4v) is 0.207. The molecule has 0 rings (SSSR count). The van der Waals surface area contributed by atoms with Crippen molar-refractivity contribution in [3.63, 3.8) is 0 Å². The Morgan fingerprint density at radius 1 is 1.07 bits per heavy atom. The largest absolute Gasteiger partial charge is 0.479 e. The standard InChI is InChI=1S/C4H8O3.C3H6O4/c1-3(6)4(7)2-5;4-1-2(5)3(6)7/h4-5,7H,2H2,1H3;2,4-5H,1H2,(H,6,7)/t4-;2-/m11/s1. The van der Waals surface area contributed by atoms with Gasteiger partial charge in [0.25, 0.3) is 0 Å². The van der Waals surface area contributed by atoms with Gasteiger partial charge < -0.3 is 25.5 Å². The summed E-state index contributed by atoms with van der Waals surface area (Å²) in [7, 11) is 0. The lowest BCUT2D eigenvalue weighted by Crippen LogP contribution is -2.22. The molecule has 0 fully saturated rings. The van der Waals surface area contributed by atoms with Gasteiger partial charge in [-0.15, -0.1) is 0 Å². The second kappa shape index (κ2) is 8.57. The highest BCUT2D eigenvalue weighted by Crippen LogP contribution is 1.79. The molecule has 0 aromatic rings. The molecule has 2 atom stereocenters. The molecular formula is C7H14O7. The Balaban J connectivity index is 0. The number of aliphatic hydroxyl groups excluding tert-OH is 4. The molecule has 0 aromatic carbocycles. The number of carbonyl (C=O) groups excluding carboxylic acids is 1. The second-order valence-corrected chi connectivity index (χ2v) is 2.35. The number of hydrogen-bond donors (Lipinski definition) is 5. The summed E-state index contributed by atoms with van der Waals surface area (Å²) in [6.07, 6.45) is -2.81. The van der Waals surface area contributed by atoms with E-state index in [0.717, 1.165) is 0 Å². The first-order valence-corrected chi connectivity index (χ1v) is 3.67. The normalized spacial score (nSPS) is 13.5. The predicted octanol–water partition coefficient (Wildman–Crippen LogP) is -2.65. The Morgan fingerprint density at radius 3 is 1.43 bits per heavy atom. The van der Waals surface area contributed by atoms with Gasteiger partial charge in [0.1, 0.15) is 6.10 Å². The number of aliphatic carboxylic acids is 1. The maximum absolute atomic E-state index is 9.96. The highest BCUT2D eigenvalue weighted by atomic mass is 16.4. The minimum Gasteiger partial charge on any atom is -0.479 e. The lowest BCUT2D eigenvalue weighted by molar-refractivity contribution is -0.148. The Morgan fingerprint density at radius 2 is 1.43 bits per heavy atom. The van der Waals surface area contributed by atoms with Crippen molar-refractivity contribution in [3.05, 3.63) is 0 Å². The Bertz CT molecular complexity index is 159. The Kier molecular flexibility index (Phi) is 9.46. The first-order chi connectivity index (χ1) is 6.36. The quantitative estimate of drug-likeness (QED) is 0.342. The average Bonchev–Trinajstić information content (AvgIpc) is 2.15. The molecule has 5 N–H and O–H groups in total. The van der Waals surface area contributed by atoms with E-state index in [1.807, 2.05) is 0 Å². The van der Waals surface area contributed by atoms with E-state index in [9.17, 15) is 9.59 Å². The molecule has 0 aliphatic carbocycles. The Hall–Kier alpha value is -1.02. The lowest BCUT2D eigenvalue weighted by Gasteiger charge is -1.97. The van der Waals surface area contributed by atoms with Crippen LogP contribution in [-0.4, -0.2) is 62.7 Å². The number of rotatable bonds is 4. The van der Waals surface area contributed by atoms with Gasteiger partial charge in [0.2, 0.25) is 0 Å².